The summed E-state index contributed by atoms with van der Waals surface area (Å²) in [4.78, 5) is 24.1. The van der Waals surface area contributed by atoms with Crippen LogP contribution in [0.1, 0.15) is 34.8 Å². The third kappa shape index (κ3) is 5.19. The Morgan fingerprint density at radius 1 is 1.07 bits per heavy atom. The maximum atomic E-state index is 12.1. The molecule has 0 bridgehead atoms. The molecule has 3 aromatic rings. The normalized spacial score (nSPS) is 11.6. The van der Waals surface area contributed by atoms with E-state index in [-0.39, 0.29) is 12.4 Å². The Balaban J connectivity index is 1.52. The van der Waals surface area contributed by atoms with Gasteiger partial charge in [0.1, 0.15) is 12.3 Å². The van der Waals surface area contributed by atoms with Crippen LogP contribution in [0.3, 0.4) is 0 Å². The van der Waals surface area contributed by atoms with Crippen LogP contribution in [0.5, 0.6) is 5.75 Å². The van der Waals surface area contributed by atoms with Gasteiger partial charge in [0.05, 0.1) is 7.11 Å². The number of amides is 1. The summed E-state index contributed by atoms with van der Waals surface area (Å²) in [5.41, 5.74) is 2.30. The van der Waals surface area contributed by atoms with Crippen molar-refractivity contribution in [1.29, 1.82) is 0 Å². The Labute approximate surface area is 167 Å². The molecule has 8 heteroatoms. The number of carbonyl (C=O) groups excluding carboxylic acids is 2. The number of nitrogens with zero attached hydrogens (tertiary/aromatic N) is 2. The van der Waals surface area contributed by atoms with Crippen molar-refractivity contribution in [1.82, 2.24) is 15.5 Å². The number of hydrogen-bond donors (Lipinski definition) is 1. The van der Waals surface area contributed by atoms with Gasteiger partial charge in [0.15, 0.2) is 6.10 Å². The summed E-state index contributed by atoms with van der Waals surface area (Å²) in [5.74, 6) is 0.150. The van der Waals surface area contributed by atoms with Gasteiger partial charge in [-0.25, -0.2) is 0 Å². The molecule has 1 heterocycles. The summed E-state index contributed by atoms with van der Waals surface area (Å²) < 4.78 is 15.9. The van der Waals surface area contributed by atoms with E-state index in [4.69, 9.17) is 13.9 Å². The first-order valence-electron chi connectivity index (χ1n) is 8.98. The van der Waals surface area contributed by atoms with Crippen LogP contribution >= 0.6 is 0 Å². The van der Waals surface area contributed by atoms with Crippen molar-refractivity contribution in [2.75, 3.05) is 13.7 Å². The largest absolute Gasteiger partial charge is 0.497 e. The first-order chi connectivity index (χ1) is 14.0. The molecule has 1 aromatic heterocycles. The lowest BCUT2D eigenvalue weighted by atomic mass is 10.1. The molecule has 0 fully saturated rings. The van der Waals surface area contributed by atoms with Crippen LogP contribution in [0.2, 0.25) is 0 Å². The van der Waals surface area contributed by atoms with Gasteiger partial charge in [-0.05, 0) is 50.2 Å². The van der Waals surface area contributed by atoms with Gasteiger partial charge in [0, 0.05) is 11.1 Å². The Hall–Kier alpha value is -3.68. The van der Waals surface area contributed by atoms with Crippen LogP contribution in [0.25, 0.3) is 11.5 Å². The number of carbonyl (C=O) groups is 2. The van der Waals surface area contributed by atoms with Crippen molar-refractivity contribution in [3.63, 3.8) is 0 Å². The molecule has 0 aliphatic carbocycles. The van der Waals surface area contributed by atoms with Crippen molar-refractivity contribution < 1.29 is 23.5 Å². The highest BCUT2D eigenvalue weighted by molar-refractivity contribution is 5.96. The minimum Gasteiger partial charge on any atom is -0.497 e. The van der Waals surface area contributed by atoms with Gasteiger partial charge in [0.25, 0.3) is 11.8 Å². The van der Waals surface area contributed by atoms with E-state index < -0.39 is 18.0 Å². The van der Waals surface area contributed by atoms with E-state index >= 15 is 0 Å². The van der Waals surface area contributed by atoms with Gasteiger partial charge >= 0.3 is 5.97 Å². The van der Waals surface area contributed by atoms with Crippen molar-refractivity contribution in [2.45, 2.75) is 20.0 Å². The van der Waals surface area contributed by atoms with Crippen LogP contribution < -0.4 is 10.1 Å². The van der Waals surface area contributed by atoms with Crippen LogP contribution in [-0.2, 0) is 9.53 Å². The van der Waals surface area contributed by atoms with E-state index in [1.807, 2.05) is 31.2 Å². The number of aromatic nitrogens is 2. The molecule has 0 aliphatic rings. The number of ether oxygens (including phenoxy) is 2. The van der Waals surface area contributed by atoms with Crippen LogP contribution in [0, 0.1) is 6.92 Å². The van der Waals surface area contributed by atoms with E-state index in [2.05, 4.69) is 15.5 Å². The smallest absolute Gasteiger partial charge is 0.326 e. The minimum atomic E-state index is -0.743. The van der Waals surface area contributed by atoms with Gasteiger partial charge in [-0.1, -0.05) is 17.7 Å². The van der Waals surface area contributed by atoms with Crippen LogP contribution in [0.4, 0.5) is 0 Å². The van der Waals surface area contributed by atoms with E-state index in [1.54, 1.807) is 38.3 Å². The molecule has 3 rings (SSSR count). The number of aryl methyl sites for hydroxylation is 1. The van der Waals surface area contributed by atoms with E-state index in [9.17, 15) is 9.59 Å². The molecule has 1 amide bonds. The van der Waals surface area contributed by atoms with Gasteiger partial charge in [-0.15, -0.1) is 10.2 Å². The Morgan fingerprint density at radius 3 is 2.41 bits per heavy atom. The highest BCUT2D eigenvalue weighted by atomic mass is 16.6. The highest BCUT2D eigenvalue weighted by Gasteiger charge is 2.19. The van der Waals surface area contributed by atoms with Crippen molar-refractivity contribution >= 4 is 11.9 Å². The van der Waals surface area contributed by atoms with E-state index in [0.29, 0.717) is 17.2 Å². The summed E-state index contributed by atoms with van der Waals surface area (Å²) in [6.07, 6.45) is -0.743. The first kappa shape index (κ1) is 20.1. The fourth-order valence-corrected chi connectivity index (χ4v) is 2.50. The second-order valence-corrected chi connectivity index (χ2v) is 6.35. The van der Waals surface area contributed by atoms with Crippen LogP contribution in [0.15, 0.2) is 52.9 Å². The standard InChI is InChI=1S/C21H21N3O5/c1-13-4-6-16(7-5-13)21-24-23-20(29-21)14(2)28-18(25)12-22-19(26)15-8-10-17(27-3)11-9-15/h4-11,14H,12H2,1-3H3,(H,22,26)/t14-/m1/s1. The molecule has 2 aromatic carbocycles. The van der Waals surface area contributed by atoms with Crippen molar-refractivity contribution in [3.05, 3.63) is 65.5 Å². The molecule has 1 N–H and O–H groups in total. The van der Waals surface area contributed by atoms with Gasteiger partial charge in [-0.2, -0.15) is 0 Å². The zero-order valence-corrected chi connectivity index (χ0v) is 16.3. The molecule has 0 aliphatic heterocycles. The molecule has 29 heavy (non-hydrogen) atoms. The van der Waals surface area contributed by atoms with Crippen LogP contribution in [-0.4, -0.2) is 35.7 Å². The van der Waals surface area contributed by atoms with Gasteiger partial charge < -0.3 is 19.2 Å². The predicted octanol–water partition coefficient (Wildman–Crippen LogP) is 3.09. The molecular formula is C21H21N3O5. The summed E-state index contributed by atoms with van der Waals surface area (Å²) >= 11 is 0. The number of nitrogens with one attached hydrogen (secondary N) is 1. The molecule has 8 nitrogen and oxygen atoms in total. The molecule has 0 unspecified atom stereocenters. The second kappa shape index (κ2) is 9.01. The van der Waals surface area contributed by atoms with E-state index in [0.717, 1.165) is 11.1 Å². The molecule has 0 saturated heterocycles. The third-order valence-electron chi connectivity index (χ3n) is 4.14. The highest BCUT2D eigenvalue weighted by Crippen LogP contribution is 2.22. The zero-order valence-electron chi connectivity index (χ0n) is 16.3. The number of hydrogen-bond acceptors (Lipinski definition) is 7. The average Bonchev–Trinajstić information content (AvgIpc) is 3.23. The molecule has 0 spiro atoms. The van der Waals surface area contributed by atoms with Gasteiger partial charge in [-0.3, -0.25) is 9.59 Å². The number of benzene rings is 2. The number of rotatable bonds is 7. The monoisotopic (exact) mass is 395 g/mol. The predicted molar refractivity (Wildman–Crippen MR) is 104 cm³/mol. The fraction of sp³-hybridized carbons (Fsp3) is 0.238. The summed E-state index contributed by atoms with van der Waals surface area (Å²) in [5, 5.41) is 10.4. The van der Waals surface area contributed by atoms with Crippen molar-refractivity contribution in [3.8, 4) is 17.2 Å². The van der Waals surface area contributed by atoms with Crippen molar-refractivity contribution in [2.24, 2.45) is 0 Å². The zero-order chi connectivity index (χ0) is 20.8. The SMILES string of the molecule is COc1ccc(C(=O)NCC(=O)O[C@H](C)c2nnc(-c3ccc(C)cc3)o2)cc1. The van der Waals surface area contributed by atoms with E-state index in [1.165, 1.54) is 0 Å². The lowest BCUT2D eigenvalue weighted by molar-refractivity contribution is -0.148. The first-order valence-corrected chi connectivity index (χ1v) is 8.98. The molecule has 0 saturated carbocycles. The maximum Gasteiger partial charge on any atom is 0.326 e. The fourth-order valence-electron chi connectivity index (χ4n) is 2.50. The molecule has 1 atom stereocenters. The Morgan fingerprint density at radius 2 is 1.76 bits per heavy atom. The minimum absolute atomic E-state index is 0.176. The lowest BCUT2D eigenvalue weighted by Gasteiger charge is -2.10. The lowest BCUT2D eigenvalue weighted by Crippen LogP contribution is -2.31. The molecule has 0 radical (unpaired) electrons. The summed E-state index contributed by atoms with van der Waals surface area (Å²) in [6, 6.07) is 14.2. The number of methoxy groups -OCH3 is 1. The average molecular weight is 395 g/mol. The molecular weight excluding hydrogens is 374 g/mol. The summed E-state index contributed by atoms with van der Waals surface area (Å²) in [6.45, 7) is 3.32. The maximum absolute atomic E-state index is 12.1. The number of esters is 1. The topological polar surface area (TPSA) is 104 Å². The second-order valence-electron chi connectivity index (χ2n) is 6.35. The van der Waals surface area contributed by atoms with Gasteiger partial charge in [0.2, 0.25) is 5.89 Å². The third-order valence-corrected chi connectivity index (χ3v) is 4.14. The molecule has 150 valence electrons. The quantitative estimate of drug-likeness (QED) is 0.613. The Kier molecular flexibility index (Phi) is 6.23. The Bertz CT molecular complexity index is 980. The summed E-state index contributed by atoms with van der Waals surface area (Å²) in [7, 11) is 1.54.